The summed E-state index contributed by atoms with van der Waals surface area (Å²) >= 11 is 0. The van der Waals surface area contributed by atoms with Crippen molar-refractivity contribution in [2.45, 2.75) is 59.3 Å². The molecule has 0 aromatic heterocycles. The number of benzene rings is 3. The normalized spacial score (nSPS) is 31.2. The third kappa shape index (κ3) is 3.49. The van der Waals surface area contributed by atoms with E-state index in [9.17, 15) is 0 Å². The van der Waals surface area contributed by atoms with Crippen molar-refractivity contribution in [1.29, 1.82) is 0 Å². The molecule has 0 spiro atoms. The van der Waals surface area contributed by atoms with Gasteiger partial charge in [0, 0.05) is 0 Å². The Morgan fingerprint density at radius 1 is 0.613 bits per heavy atom. The predicted octanol–water partition coefficient (Wildman–Crippen LogP) is 7.38. The van der Waals surface area contributed by atoms with Gasteiger partial charge in [0.25, 0.3) is 0 Å². The van der Waals surface area contributed by atoms with E-state index < -0.39 is 0 Å². The lowest BCUT2D eigenvalue weighted by atomic mass is 9.50. The van der Waals surface area contributed by atoms with E-state index in [0.717, 1.165) is 29.4 Å². The van der Waals surface area contributed by atoms with Gasteiger partial charge in [-0.3, -0.25) is 0 Å². The second-order valence-electron chi connectivity index (χ2n) is 9.99. The molecule has 0 N–H and O–H groups in total. The Morgan fingerprint density at radius 2 is 1.06 bits per heavy atom. The number of hydrogen-bond donors (Lipinski definition) is 0. The van der Waals surface area contributed by atoms with Crippen LogP contribution in [0.25, 0.3) is 0 Å². The average molecular weight is 428 g/mol. The Balaban J connectivity index is 1.28. The van der Waals surface area contributed by atoms with Gasteiger partial charge in [0.2, 0.25) is 0 Å². The van der Waals surface area contributed by atoms with Crippen molar-refractivity contribution in [3.63, 3.8) is 0 Å². The highest BCUT2D eigenvalue weighted by Gasteiger charge is 2.56. The molecule has 4 saturated carbocycles. The molecule has 0 radical (unpaired) electrons. The lowest BCUT2D eigenvalue weighted by molar-refractivity contribution is -0.145. The summed E-state index contributed by atoms with van der Waals surface area (Å²) in [5.41, 5.74) is 0.0233. The van der Waals surface area contributed by atoms with E-state index in [1.807, 2.05) is 0 Å². The lowest BCUT2D eigenvalue weighted by Crippen LogP contribution is -2.59. The van der Waals surface area contributed by atoms with Crippen LogP contribution in [0.2, 0.25) is 0 Å². The maximum atomic E-state index is 6.83. The van der Waals surface area contributed by atoms with Crippen LogP contribution < -0.4 is 4.74 Å². The monoisotopic (exact) mass is 427 g/mol. The van der Waals surface area contributed by atoms with Crippen LogP contribution in [-0.4, -0.2) is 5.60 Å². The molecule has 0 heterocycles. The van der Waals surface area contributed by atoms with Gasteiger partial charge < -0.3 is 4.74 Å². The summed E-state index contributed by atoms with van der Waals surface area (Å²) in [5.74, 6) is 4.47. The molecular formula is C29H31OS+. The van der Waals surface area contributed by atoms with Crippen LogP contribution in [-0.2, 0) is 10.9 Å². The van der Waals surface area contributed by atoms with E-state index in [0.29, 0.717) is 0 Å². The molecule has 7 rings (SSSR count). The lowest BCUT2D eigenvalue weighted by Gasteiger charge is -2.59. The summed E-state index contributed by atoms with van der Waals surface area (Å²) in [7, 11) is -0.0990. The zero-order chi connectivity index (χ0) is 20.8. The molecule has 0 saturated heterocycles. The minimum atomic E-state index is -0.0990. The maximum Gasteiger partial charge on any atom is 0.166 e. The minimum absolute atomic E-state index is 0.0233. The van der Waals surface area contributed by atoms with Gasteiger partial charge in [-0.15, -0.1) is 0 Å². The summed E-state index contributed by atoms with van der Waals surface area (Å²) in [5, 5.41) is 0. The van der Waals surface area contributed by atoms with Gasteiger partial charge in [-0.25, -0.2) is 0 Å². The Bertz CT molecular complexity index is 960. The summed E-state index contributed by atoms with van der Waals surface area (Å²) < 4.78 is 6.83. The van der Waals surface area contributed by atoms with E-state index in [1.54, 1.807) is 0 Å². The molecule has 158 valence electrons. The molecule has 2 heteroatoms. The van der Waals surface area contributed by atoms with Gasteiger partial charge in [0.1, 0.15) is 11.4 Å². The summed E-state index contributed by atoms with van der Waals surface area (Å²) in [6, 6.07) is 30.8. The zero-order valence-corrected chi connectivity index (χ0v) is 19.1. The van der Waals surface area contributed by atoms with Crippen molar-refractivity contribution < 1.29 is 4.74 Å². The van der Waals surface area contributed by atoms with E-state index in [4.69, 9.17) is 4.74 Å². The first-order valence-electron chi connectivity index (χ1n) is 11.8. The summed E-state index contributed by atoms with van der Waals surface area (Å²) in [6.45, 7) is 2.41. The Labute approximate surface area is 189 Å². The van der Waals surface area contributed by atoms with Gasteiger partial charge in [-0.05, 0) is 111 Å². The van der Waals surface area contributed by atoms with Crippen molar-refractivity contribution in [3.05, 3.63) is 84.9 Å². The second kappa shape index (κ2) is 7.74. The van der Waals surface area contributed by atoms with E-state index in [1.165, 1.54) is 46.8 Å². The molecule has 0 aliphatic heterocycles. The summed E-state index contributed by atoms with van der Waals surface area (Å²) in [4.78, 5) is 4.06. The van der Waals surface area contributed by atoms with Crippen molar-refractivity contribution in [3.8, 4) is 5.75 Å². The van der Waals surface area contributed by atoms with E-state index in [-0.39, 0.29) is 16.5 Å². The maximum absolute atomic E-state index is 6.83. The van der Waals surface area contributed by atoms with Crippen molar-refractivity contribution in [2.24, 2.45) is 23.7 Å². The highest BCUT2D eigenvalue weighted by atomic mass is 32.2. The van der Waals surface area contributed by atoms with Crippen LogP contribution in [0.4, 0.5) is 0 Å². The highest BCUT2D eigenvalue weighted by molar-refractivity contribution is 7.97. The van der Waals surface area contributed by atoms with Crippen LogP contribution in [0.3, 0.4) is 0 Å². The smallest absolute Gasteiger partial charge is 0.166 e. The van der Waals surface area contributed by atoms with Gasteiger partial charge in [0.15, 0.2) is 14.7 Å². The van der Waals surface area contributed by atoms with Crippen LogP contribution >= 0.6 is 0 Å². The number of ether oxygens (including phenoxy) is 1. The standard InChI is InChI=1S/C29H31OS/c1-29(23-17-21-16-22(19-23)20-24(29)18-21)30-25-12-14-28(15-13-25)31(26-8-4-2-5-9-26)27-10-6-3-7-11-27/h2-15,21-24H,16-20H2,1H3/q+1. The van der Waals surface area contributed by atoms with Gasteiger partial charge in [-0.2, -0.15) is 0 Å². The molecule has 4 aliphatic rings. The van der Waals surface area contributed by atoms with Crippen molar-refractivity contribution in [2.75, 3.05) is 0 Å². The summed E-state index contributed by atoms with van der Waals surface area (Å²) in [6.07, 6.45) is 7.01. The molecule has 4 fully saturated rings. The Hall–Kier alpha value is -2.19. The Kier molecular flexibility index (Phi) is 4.87. The minimum Gasteiger partial charge on any atom is -0.487 e. The first-order valence-corrected chi connectivity index (χ1v) is 13.0. The quantitative estimate of drug-likeness (QED) is 0.386. The molecular weight excluding hydrogens is 396 g/mol. The molecule has 31 heavy (non-hydrogen) atoms. The topological polar surface area (TPSA) is 9.23 Å². The molecule has 0 amide bonds. The largest absolute Gasteiger partial charge is 0.487 e. The van der Waals surface area contributed by atoms with E-state index in [2.05, 4.69) is 91.9 Å². The molecule has 3 aromatic carbocycles. The Morgan fingerprint density at radius 3 is 1.55 bits per heavy atom. The van der Waals surface area contributed by atoms with Crippen molar-refractivity contribution in [1.82, 2.24) is 0 Å². The fourth-order valence-electron chi connectivity index (χ4n) is 6.71. The van der Waals surface area contributed by atoms with Crippen LogP contribution in [0.5, 0.6) is 5.75 Å². The predicted molar refractivity (Wildman–Crippen MR) is 128 cm³/mol. The highest BCUT2D eigenvalue weighted by Crippen LogP contribution is 2.59. The molecule has 1 nitrogen and oxygen atoms in total. The van der Waals surface area contributed by atoms with Crippen LogP contribution in [0.1, 0.15) is 39.0 Å². The molecule has 0 unspecified atom stereocenters. The SMILES string of the molecule is CC1(Oc2ccc([S+](c3ccccc3)c3ccccc3)cc2)C2CC3CC(C2)CC1C3. The zero-order valence-electron chi connectivity index (χ0n) is 18.2. The molecule has 4 bridgehead atoms. The average Bonchev–Trinajstić information content (AvgIpc) is 2.80. The molecule has 3 aromatic rings. The van der Waals surface area contributed by atoms with Crippen molar-refractivity contribution >= 4 is 10.9 Å². The fraction of sp³-hybridized carbons (Fsp3) is 0.379. The van der Waals surface area contributed by atoms with Crippen LogP contribution in [0, 0.1) is 23.7 Å². The number of hydrogen-bond acceptors (Lipinski definition) is 1. The fourth-order valence-corrected chi connectivity index (χ4v) is 8.79. The molecule has 0 atom stereocenters. The first-order chi connectivity index (χ1) is 15.2. The second-order valence-corrected chi connectivity index (χ2v) is 12.0. The third-order valence-electron chi connectivity index (χ3n) is 8.11. The van der Waals surface area contributed by atoms with E-state index >= 15 is 0 Å². The van der Waals surface area contributed by atoms with Gasteiger partial charge in [0.05, 0.1) is 10.9 Å². The van der Waals surface area contributed by atoms with Gasteiger partial charge in [-0.1, -0.05) is 36.4 Å². The first kappa shape index (κ1) is 19.5. The molecule has 4 aliphatic carbocycles. The number of rotatable bonds is 5. The third-order valence-corrected chi connectivity index (χ3v) is 10.3. The van der Waals surface area contributed by atoms with Crippen LogP contribution in [0.15, 0.2) is 99.6 Å². The van der Waals surface area contributed by atoms with Gasteiger partial charge >= 0.3 is 0 Å².